The van der Waals surface area contributed by atoms with E-state index in [1.165, 1.54) is 6.92 Å². The first kappa shape index (κ1) is 14.4. The Morgan fingerprint density at radius 2 is 2.11 bits per heavy atom. The largest absolute Gasteiger partial charge is 0.481 e. The number of carboxylic acids is 1. The molecule has 1 rings (SSSR count). The van der Waals surface area contributed by atoms with E-state index in [2.05, 4.69) is 10.9 Å². The molecule has 8 heteroatoms. The van der Waals surface area contributed by atoms with Gasteiger partial charge in [-0.1, -0.05) is 0 Å². The number of hydrogen-bond acceptors (Lipinski definition) is 5. The summed E-state index contributed by atoms with van der Waals surface area (Å²) in [4.78, 5) is 34.3. The molecule has 1 heterocycles. The Balaban J connectivity index is 2.31. The minimum absolute atomic E-state index is 0.0795. The van der Waals surface area contributed by atoms with Gasteiger partial charge in [0.25, 0.3) is 5.91 Å². The molecule has 1 atom stereocenters. The second-order valence-electron chi connectivity index (χ2n) is 4.06. The van der Waals surface area contributed by atoms with Gasteiger partial charge in [-0.2, -0.15) is 0 Å². The minimum atomic E-state index is -0.926. The van der Waals surface area contributed by atoms with Gasteiger partial charge in [0.1, 0.15) is 0 Å². The van der Waals surface area contributed by atoms with Crippen molar-refractivity contribution >= 4 is 17.8 Å². The van der Waals surface area contributed by atoms with E-state index in [4.69, 9.17) is 9.84 Å². The second-order valence-corrected chi connectivity index (χ2v) is 4.06. The van der Waals surface area contributed by atoms with E-state index in [1.807, 2.05) is 0 Å². The van der Waals surface area contributed by atoms with E-state index in [0.717, 1.165) is 0 Å². The number of amides is 2. The summed E-state index contributed by atoms with van der Waals surface area (Å²) in [5.74, 6) is -1.63. The number of aliphatic carboxylic acids is 1. The molecule has 0 saturated carbocycles. The molecule has 18 heavy (non-hydrogen) atoms. The number of carbonyl (C=O) groups excluding carboxylic acids is 2. The highest BCUT2D eigenvalue weighted by Gasteiger charge is 2.23. The first-order chi connectivity index (χ1) is 8.47. The van der Waals surface area contributed by atoms with E-state index in [1.54, 1.807) is 4.90 Å². The van der Waals surface area contributed by atoms with Crippen molar-refractivity contribution in [2.24, 2.45) is 0 Å². The van der Waals surface area contributed by atoms with Gasteiger partial charge < -0.3 is 9.84 Å². The maximum atomic E-state index is 11.4. The summed E-state index contributed by atoms with van der Waals surface area (Å²) in [7, 11) is 0. The number of hydrazine groups is 1. The molecule has 0 spiro atoms. The Kier molecular flexibility index (Phi) is 5.53. The van der Waals surface area contributed by atoms with Gasteiger partial charge in [-0.05, 0) is 0 Å². The zero-order valence-electron chi connectivity index (χ0n) is 10.1. The van der Waals surface area contributed by atoms with Crippen molar-refractivity contribution in [1.29, 1.82) is 0 Å². The van der Waals surface area contributed by atoms with Crippen LogP contribution >= 0.6 is 0 Å². The molecule has 0 aromatic rings. The number of nitrogens with zero attached hydrogens (tertiary/aromatic N) is 1. The lowest BCUT2D eigenvalue weighted by atomic mass is 10.2. The predicted octanol–water partition coefficient (Wildman–Crippen LogP) is -1.67. The molecular weight excluding hydrogens is 242 g/mol. The molecule has 0 radical (unpaired) electrons. The molecule has 1 unspecified atom stereocenters. The van der Waals surface area contributed by atoms with Crippen LogP contribution in [0.25, 0.3) is 0 Å². The highest BCUT2D eigenvalue weighted by Crippen LogP contribution is 2.08. The Morgan fingerprint density at radius 3 is 2.72 bits per heavy atom. The molecule has 0 aliphatic carbocycles. The number of carboxylic acid groups (broad SMARTS) is 1. The van der Waals surface area contributed by atoms with Crippen LogP contribution < -0.4 is 10.9 Å². The van der Waals surface area contributed by atoms with Crippen LogP contribution in [0.4, 0.5) is 0 Å². The van der Waals surface area contributed by atoms with Crippen LogP contribution in [-0.4, -0.2) is 60.1 Å². The minimum Gasteiger partial charge on any atom is -0.481 e. The van der Waals surface area contributed by atoms with Crippen molar-refractivity contribution in [3.63, 3.8) is 0 Å². The van der Waals surface area contributed by atoms with E-state index >= 15 is 0 Å². The lowest BCUT2D eigenvalue weighted by Gasteiger charge is -2.31. The van der Waals surface area contributed by atoms with Gasteiger partial charge in [-0.15, -0.1) is 0 Å². The van der Waals surface area contributed by atoms with Gasteiger partial charge in [0.05, 0.1) is 25.7 Å². The number of morpholine rings is 1. The summed E-state index contributed by atoms with van der Waals surface area (Å²) in [6.45, 7) is 2.73. The van der Waals surface area contributed by atoms with Crippen LogP contribution in [0, 0.1) is 0 Å². The second kappa shape index (κ2) is 6.92. The van der Waals surface area contributed by atoms with E-state index in [0.29, 0.717) is 19.7 Å². The number of rotatable bonds is 4. The quantitative estimate of drug-likeness (QED) is 0.521. The molecule has 1 aliphatic rings. The smallest absolute Gasteiger partial charge is 0.306 e. The van der Waals surface area contributed by atoms with Crippen molar-refractivity contribution in [3.8, 4) is 0 Å². The summed E-state index contributed by atoms with van der Waals surface area (Å²) < 4.78 is 5.27. The van der Waals surface area contributed by atoms with Crippen LogP contribution in [0.1, 0.15) is 13.3 Å². The fraction of sp³-hybridized carbons (Fsp3) is 0.700. The normalized spacial score (nSPS) is 20.2. The summed E-state index contributed by atoms with van der Waals surface area (Å²) in [5, 5.41) is 8.65. The summed E-state index contributed by atoms with van der Waals surface area (Å²) in [6, 6.07) is 0. The van der Waals surface area contributed by atoms with Crippen molar-refractivity contribution in [2.75, 3.05) is 26.2 Å². The van der Waals surface area contributed by atoms with Crippen LogP contribution in [0.2, 0.25) is 0 Å². The third kappa shape index (κ3) is 5.60. The van der Waals surface area contributed by atoms with Crippen molar-refractivity contribution in [3.05, 3.63) is 0 Å². The van der Waals surface area contributed by atoms with E-state index in [9.17, 15) is 14.4 Å². The molecule has 3 N–H and O–H groups in total. The summed E-state index contributed by atoms with van der Waals surface area (Å²) in [5.41, 5.74) is 4.44. The molecule has 0 aromatic heterocycles. The van der Waals surface area contributed by atoms with Gasteiger partial charge in [-0.25, -0.2) is 0 Å². The van der Waals surface area contributed by atoms with Crippen molar-refractivity contribution < 1.29 is 24.2 Å². The summed E-state index contributed by atoms with van der Waals surface area (Å²) >= 11 is 0. The number of hydrogen-bond donors (Lipinski definition) is 3. The van der Waals surface area contributed by atoms with E-state index in [-0.39, 0.29) is 24.8 Å². The summed E-state index contributed by atoms with van der Waals surface area (Å²) in [6.07, 6.45) is -0.478. The van der Waals surface area contributed by atoms with Crippen LogP contribution in [0.15, 0.2) is 0 Å². The highest BCUT2D eigenvalue weighted by atomic mass is 16.5. The fourth-order valence-corrected chi connectivity index (χ4v) is 1.64. The lowest BCUT2D eigenvalue weighted by molar-refractivity contribution is -0.142. The van der Waals surface area contributed by atoms with Gasteiger partial charge in [0.15, 0.2) is 0 Å². The Bertz CT molecular complexity index is 333. The average Bonchev–Trinajstić information content (AvgIpc) is 2.26. The number of nitrogens with one attached hydrogen (secondary N) is 2. The monoisotopic (exact) mass is 259 g/mol. The molecule has 1 fully saturated rings. The lowest BCUT2D eigenvalue weighted by Crippen LogP contribution is -2.50. The SMILES string of the molecule is CC(=O)NNC(=O)CN1CCOC(CC(=O)O)C1. The van der Waals surface area contributed by atoms with Crippen molar-refractivity contribution in [2.45, 2.75) is 19.4 Å². The molecule has 0 aromatic carbocycles. The molecule has 102 valence electrons. The molecule has 0 bridgehead atoms. The van der Waals surface area contributed by atoms with Gasteiger partial charge in [-0.3, -0.25) is 30.1 Å². The van der Waals surface area contributed by atoms with Crippen LogP contribution in [-0.2, 0) is 19.1 Å². The zero-order valence-corrected chi connectivity index (χ0v) is 10.1. The third-order valence-electron chi connectivity index (χ3n) is 2.37. The van der Waals surface area contributed by atoms with Gasteiger partial charge in [0, 0.05) is 20.0 Å². The van der Waals surface area contributed by atoms with Gasteiger partial charge >= 0.3 is 5.97 Å². The third-order valence-corrected chi connectivity index (χ3v) is 2.37. The number of carbonyl (C=O) groups is 3. The molecule has 1 saturated heterocycles. The maximum absolute atomic E-state index is 11.4. The van der Waals surface area contributed by atoms with Crippen LogP contribution in [0.3, 0.4) is 0 Å². The fourth-order valence-electron chi connectivity index (χ4n) is 1.64. The van der Waals surface area contributed by atoms with Gasteiger partial charge in [0.2, 0.25) is 5.91 Å². The number of ether oxygens (including phenoxy) is 1. The topological polar surface area (TPSA) is 108 Å². The molecule has 2 amide bonds. The molecule has 1 aliphatic heterocycles. The Hall–Kier alpha value is -1.67. The molecular formula is C10H17N3O5. The van der Waals surface area contributed by atoms with E-state index < -0.39 is 12.1 Å². The maximum Gasteiger partial charge on any atom is 0.306 e. The highest BCUT2D eigenvalue weighted by molar-refractivity contribution is 5.81. The predicted molar refractivity (Wildman–Crippen MR) is 60.4 cm³/mol. The zero-order chi connectivity index (χ0) is 13.5. The standard InChI is InChI=1S/C10H17N3O5/c1-7(14)11-12-9(15)6-13-2-3-18-8(5-13)4-10(16)17/h8H,2-6H2,1H3,(H,11,14)(H,12,15)(H,16,17). The first-order valence-electron chi connectivity index (χ1n) is 5.58. The van der Waals surface area contributed by atoms with Crippen molar-refractivity contribution in [1.82, 2.24) is 15.8 Å². The Labute approximate surface area is 104 Å². The van der Waals surface area contributed by atoms with Crippen LogP contribution in [0.5, 0.6) is 0 Å². The Morgan fingerprint density at radius 1 is 1.39 bits per heavy atom. The first-order valence-corrected chi connectivity index (χ1v) is 5.58. The average molecular weight is 259 g/mol. The molecule has 8 nitrogen and oxygen atoms in total.